The molecule has 0 aliphatic carbocycles. The van der Waals surface area contributed by atoms with Gasteiger partial charge >= 0.3 is 0 Å². The molecule has 0 amide bonds. The highest BCUT2D eigenvalue weighted by Crippen LogP contribution is 2.39. The Morgan fingerprint density at radius 2 is 2.04 bits per heavy atom. The predicted molar refractivity (Wildman–Crippen MR) is 99.1 cm³/mol. The van der Waals surface area contributed by atoms with Gasteiger partial charge in [-0.3, -0.25) is 0 Å². The maximum atomic E-state index is 6.00. The van der Waals surface area contributed by atoms with E-state index in [4.69, 9.17) is 9.47 Å². The number of aromatic amines is 1. The van der Waals surface area contributed by atoms with Gasteiger partial charge in [-0.05, 0) is 30.3 Å². The Morgan fingerprint density at radius 1 is 1.12 bits per heavy atom. The van der Waals surface area contributed by atoms with E-state index in [1.165, 1.54) is 0 Å². The van der Waals surface area contributed by atoms with Crippen LogP contribution in [0.4, 0.5) is 0 Å². The third-order valence-corrected chi connectivity index (χ3v) is 4.05. The van der Waals surface area contributed by atoms with E-state index in [1.807, 2.05) is 42.5 Å². The summed E-state index contributed by atoms with van der Waals surface area (Å²) in [6.07, 6.45) is 3.45. The van der Waals surface area contributed by atoms with Crippen molar-refractivity contribution in [3.8, 4) is 22.9 Å². The SMILES string of the molecule is C=CCOc1c(-c2nc3ncccc3[nH]2)ccc2c(OC)cccc12. The summed E-state index contributed by atoms with van der Waals surface area (Å²) in [5, 5.41) is 1.95. The molecule has 0 atom stereocenters. The number of imidazole rings is 1. The monoisotopic (exact) mass is 331 g/mol. The molecular weight excluding hydrogens is 314 g/mol. The van der Waals surface area contributed by atoms with Gasteiger partial charge in [-0.1, -0.05) is 24.8 Å². The van der Waals surface area contributed by atoms with Crippen molar-refractivity contribution >= 4 is 21.9 Å². The summed E-state index contributed by atoms with van der Waals surface area (Å²) in [6, 6.07) is 13.7. The van der Waals surface area contributed by atoms with E-state index in [9.17, 15) is 0 Å². The number of hydrogen-bond donors (Lipinski definition) is 1. The standard InChI is InChI=1S/C20H17N3O2/c1-3-12-25-18-14-6-4-8-17(24-2)13(14)9-10-15(18)19-22-16-7-5-11-21-20(16)23-19/h3-11H,1,12H2,2H3,(H,21,22,23). The van der Waals surface area contributed by atoms with Crippen molar-refractivity contribution in [1.82, 2.24) is 15.0 Å². The van der Waals surface area contributed by atoms with Crippen molar-refractivity contribution in [2.45, 2.75) is 0 Å². The number of nitrogens with one attached hydrogen (secondary N) is 1. The van der Waals surface area contributed by atoms with Crippen LogP contribution in [0, 0.1) is 0 Å². The smallest absolute Gasteiger partial charge is 0.178 e. The van der Waals surface area contributed by atoms with E-state index in [-0.39, 0.29) is 0 Å². The van der Waals surface area contributed by atoms with Crippen LogP contribution in [0.15, 0.2) is 61.3 Å². The van der Waals surface area contributed by atoms with Crippen molar-refractivity contribution < 1.29 is 9.47 Å². The Balaban J connectivity index is 1.97. The molecule has 4 rings (SSSR count). The largest absolute Gasteiger partial charge is 0.496 e. The first-order valence-electron chi connectivity index (χ1n) is 7.96. The lowest BCUT2D eigenvalue weighted by Gasteiger charge is -2.14. The molecule has 1 N–H and O–H groups in total. The van der Waals surface area contributed by atoms with Gasteiger partial charge < -0.3 is 14.5 Å². The zero-order chi connectivity index (χ0) is 17.2. The minimum Gasteiger partial charge on any atom is -0.496 e. The zero-order valence-electron chi connectivity index (χ0n) is 13.8. The molecule has 2 heterocycles. The lowest BCUT2D eigenvalue weighted by Crippen LogP contribution is -1.98. The minimum atomic E-state index is 0.405. The van der Waals surface area contributed by atoms with E-state index >= 15 is 0 Å². The normalized spacial score (nSPS) is 10.9. The molecule has 2 aromatic heterocycles. The molecule has 2 aromatic carbocycles. The molecule has 0 spiro atoms. The van der Waals surface area contributed by atoms with E-state index in [1.54, 1.807) is 19.4 Å². The molecular formula is C20H17N3O2. The molecule has 5 heteroatoms. The number of H-pyrrole nitrogens is 1. The Labute approximate surface area is 144 Å². The molecule has 0 fully saturated rings. The number of hydrogen-bond acceptors (Lipinski definition) is 4. The topological polar surface area (TPSA) is 60.0 Å². The van der Waals surface area contributed by atoms with Crippen LogP contribution in [0.3, 0.4) is 0 Å². The summed E-state index contributed by atoms with van der Waals surface area (Å²) in [5.41, 5.74) is 2.44. The number of fused-ring (bicyclic) bond motifs is 2. The lowest BCUT2D eigenvalue weighted by molar-refractivity contribution is 0.368. The summed E-state index contributed by atoms with van der Waals surface area (Å²) in [4.78, 5) is 12.2. The first-order valence-corrected chi connectivity index (χ1v) is 7.96. The molecule has 124 valence electrons. The third kappa shape index (κ3) is 2.59. The number of rotatable bonds is 5. The summed E-state index contributed by atoms with van der Waals surface area (Å²) in [7, 11) is 1.66. The predicted octanol–water partition coefficient (Wildman–Crippen LogP) is 4.35. The highest BCUT2D eigenvalue weighted by atomic mass is 16.5. The summed E-state index contributed by atoms with van der Waals surface area (Å²) < 4.78 is 11.5. The van der Waals surface area contributed by atoms with Crippen LogP contribution in [-0.4, -0.2) is 28.7 Å². The fourth-order valence-corrected chi connectivity index (χ4v) is 2.94. The van der Waals surface area contributed by atoms with Crippen LogP contribution in [0.5, 0.6) is 11.5 Å². The fourth-order valence-electron chi connectivity index (χ4n) is 2.94. The van der Waals surface area contributed by atoms with Crippen LogP contribution in [0.2, 0.25) is 0 Å². The van der Waals surface area contributed by atoms with Crippen LogP contribution in [0.1, 0.15) is 0 Å². The number of benzene rings is 2. The molecule has 5 nitrogen and oxygen atoms in total. The molecule has 0 saturated heterocycles. The van der Waals surface area contributed by atoms with E-state index < -0.39 is 0 Å². The van der Waals surface area contributed by atoms with Crippen LogP contribution >= 0.6 is 0 Å². The number of nitrogens with zero attached hydrogens (tertiary/aromatic N) is 2. The average molecular weight is 331 g/mol. The van der Waals surface area contributed by atoms with Crippen molar-refractivity contribution in [3.63, 3.8) is 0 Å². The van der Waals surface area contributed by atoms with Gasteiger partial charge in [0.1, 0.15) is 23.9 Å². The van der Waals surface area contributed by atoms with Gasteiger partial charge in [-0.15, -0.1) is 0 Å². The van der Waals surface area contributed by atoms with E-state index in [0.717, 1.165) is 39.2 Å². The Hall–Kier alpha value is -3.34. The second-order valence-corrected chi connectivity index (χ2v) is 5.56. The highest BCUT2D eigenvalue weighted by Gasteiger charge is 2.16. The molecule has 25 heavy (non-hydrogen) atoms. The zero-order valence-corrected chi connectivity index (χ0v) is 13.8. The average Bonchev–Trinajstić information content (AvgIpc) is 3.09. The van der Waals surface area contributed by atoms with Gasteiger partial charge in [0.2, 0.25) is 0 Å². The molecule has 4 aromatic rings. The van der Waals surface area contributed by atoms with E-state index in [2.05, 4.69) is 21.5 Å². The highest BCUT2D eigenvalue weighted by molar-refractivity contribution is 5.98. The Morgan fingerprint density at radius 3 is 2.84 bits per heavy atom. The molecule has 0 aliphatic rings. The first kappa shape index (κ1) is 15.2. The van der Waals surface area contributed by atoms with Crippen molar-refractivity contribution in [1.29, 1.82) is 0 Å². The summed E-state index contributed by atoms with van der Waals surface area (Å²) in [6.45, 7) is 4.15. The van der Waals surface area contributed by atoms with Gasteiger partial charge in [0.15, 0.2) is 5.65 Å². The fraction of sp³-hybridized carbons (Fsp3) is 0.100. The van der Waals surface area contributed by atoms with Gasteiger partial charge in [0.25, 0.3) is 0 Å². The Kier molecular flexibility index (Phi) is 3.82. The maximum absolute atomic E-state index is 6.00. The maximum Gasteiger partial charge on any atom is 0.178 e. The second-order valence-electron chi connectivity index (χ2n) is 5.56. The van der Waals surface area contributed by atoms with Crippen LogP contribution in [0.25, 0.3) is 33.3 Å². The number of methoxy groups -OCH3 is 1. The number of aromatic nitrogens is 3. The van der Waals surface area contributed by atoms with Crippen LogP contribution in [-0.2, 0) is 0 Å². The van der Waals surface area contributed by atoms with Gasteiger partial charge in [-0.2, -0.15) is 0 Å². The molecule has 0 bridgehead atoms. The Bertz CT molecular complexity index is 1040. The third-order valence-electron chi connectivity index (χ3n) is 4.05. The lowest BCUT2D eigenvalue weighted by atomic mass is 10.0. The molecule has 0 aliphatic heterocycles. The van der Waals surface area contributed by atoms with Crippen molar-refractivity contribution in [3.05, 3.63) is 61.3 Å². The molecule has 0 unspecified atom stereocenters. The van der Waals surface area contributed by atoms with Crippen molar-refractivity contribution in [2.24, 2.45) is 0 Å². The molecule has 0 radical (unpaired) electrons. The van der Waals surface area contributed by atoms with E-state index in [0.29, 0.717) is 12.3 Å². The van der Waals surface area contributed by atoms with Gasteiger partial charge in [0, 0.05) is 17.0 Å². The quantitative estimate of drug-likeness (QED) is 0.552. The summed E-state index contributed by atoms with van der Waals surface area (Å²) >= 11 is 0. The first-order chi connectivity index (χ1) is 12.3. The molecule has 0 saturated carbocycles. The number of ether oxygens (including phenoxy) is 2. The van der Waals surface area contributed by atoms with Gasteiger partial charge in [0.05, 0.1) is 18.2 Å². The second kappa shape index (κ2) is 6.28. The van der Waals surface area contributed by atoms with Gasteiger partial charge in [-0.25, -0.2) is 9.97 Å². The minimum absolute atomic E-state index is 0.405. The van der Waals surface area contributed by atoms with Crippen molar-refractivity contribution in [2.75, 3.05) is 13.7 Å². The van der Waals surface area contributed by atoms with Crippen LogP contribution < -0.4 is 9.47 Å². The summed E-state index contributed by atoms with van der Waals surface area (Å²) in [5.74, 6) is 2.27. The number of pyridine rings is 1.